The fourth-order valence-electron chi connectivity index (χ4n) is 7.85. The van der Waals surface area contributed by atoms with Crippen LogP contribution in [0.1, 0.15) is 92.9 Å². The number of ether oxygens (including phenoxy) is 1. The Balaban J connectivity index is 0.00000102. The van der Waals surface area contributed by atoms with Gasteiger partial charge < -0.3 is 9.84 Å². The maximum absolute atomic E-state index is 11.9. The van der Waals surface area contributed by atoms with Gasteiger partial charge in [-0.1, -0.05) is 34.6 Å². The molecule has 4 aliphatic rings. The summed E-state index contributed by atoms with van der Waals surface area (Å²) in [5, 5.41) is 10.2. The van der Waals surface area contributed by atoms with Crippen LogP contribution in [0.4, 0.5) is 0 Å². The molecule has 4 aliphatic carbocycles. The molecule has 156 valence electrons. The second kappa shape index (κ2) is 7.69. The van der Waals surface area contributed by atoms with Crippen molar-refractivity contribution in [1.29, 1.82) is 0 Å². The van der Waals surface area contributed by atoms with Gasteiger partial charge in [0.2, 0.25) is 0 Å². The van der Waals surface area contributed by atoms with Crippen LogP contribution < -0.4 is 0 Å². The zero-order chi connectivity index (χ0) is 20.0. The standard InChI is InChI=1S/C22H36O3.C2H6/c1-13-5-8-18-17-7-6-15-11-16(24)9-10-21(15,3)19(17)12-20(22(13,18)4)25-14(2)23;1-2/h13,15-20,24H,5-12H2,1-4H3;1-2H3. The summed E-state index contributed by atoms with van der Waals surface area (Å²) in [5.74, 6) is 3.33. The van der Waals surface area contributed by atoms with Crippen LogP contribution in [-0.4, -0.2) is 23.3 Å². The predicted molar refractivity (Wildman–Crippen MR) is 109 cm³/mol. The SMILES string of the molecule is CC.CC(=O)OC1CC2C(CCC3CC(O)CCC32C)C2CCC(C)C12C. The van der Waals surface area contributed by atoms with Crippen molar-refractivity contribution in [2.24, 2.45) is 40.4 Å². The zero-order valence-corrected chi connectivity index (χ0v) is 18.5. The molecular formula is C24H42O3. The molecule has 0 amide bonds. The quantitative estimate of drug-likeness (QED) is 0.605. The van der Waals surface area contributed by atoms with Crippen molar-refractivity contribution in [2.75, 3.05) is 0 Å². The number of rotatable bonds is 1. The van der Waals surface area contributed by atoms with Gasteiger partial charge in [0.15, 0.2) is 0 Å². The van der Waals surface area contributed by atoms with Gasteiger partial charge in [0.1, 0.15) is 6.10 Å². The molecule has 0 aromatic carbocycles. The molecule has 0 aromatic rings. The van der Waals surface area contributed by atoms with Crippen molar-refractivity contribution >= 4 is 5.97 Å². The number of esters is 1. The van der Waals surface area contributed by atoms with Crippen molar-refractivity contribution in [1.82, 2.24) is 0 Å². The van der Waals surface area contributed by atoms with Crippen molar-refractivity contribution < 1.29 is 14.6 Å². The Morgan fingerprint density at radius 1 is 1.00 bits per heavy atom. The average Bonchev–Trinajstić information content (AvgIpc) is 2.94. The number of aliphatic hydroxyl groups excluding tert-OH is 1. The first-order valence-corrected chi connectivity index (χ1v) is 11.6. The van der Waals surface area contributed by atoms with Gasteiger partial charge >= 0.3 is 5.97 Å². The van der Waals surface area contributed by atoms with Crippen molar-refractivity contribution in [3.63, 3.8) is 0 Å². The highest BCUT2D eigenvalue weighted by molar-refractivity contribution is 5.66. The Morgan fingerprint density at radius 3 is 2.37 bits per heavy atom. The second-order valence-corrected chi connectivity index (χ2v) is 10.3. The molecule has 0 heterocycles. The lowest BCUT2D eigenvalue weighted by molar-refractivity contribution is -0.192. The molecule has 0 aliphatic heterocycles. The summed E-state index contributed by atoms with van der Waals surface area (Å²) < 4.78 is 5.99. The molecule has 4 rings (SSSR count). The van der Waals surface area contributed by atoms with Gasteiger partial charge in [-0.05, 0) is 86.4 Å². The Hall–Kier alpha value is -0.570. The normalized spacial score (nSPS) is 51.1. The minimum atomic E-state index is -0.112. The first-order chi connectivity index (χ1) is 12.8. The van der Waals surface area contributed by atoms with Crippen LogP contribution in [0.25, 0.3) is 0 Å². The minimum absolute atomic E-state index is 0.0798. The van der Waals surface area contributed by atoms with Crippen LogP contribution in [0, 0.1) is 40.4 Å². The Kier molecular flexibility index (Phi) is 6.02. The fraction of sp³-hybridized carbons (Fsp3) is 0.958. The topological polar surface area (TPSA) is 46.5 Å². The molecule has 1 N–H and O–H groups in total. The summed E-state index contributed by atoms with van der Waals surface area (Å²) in [6.07, 6.45) is 9.29. The monoisotopic (exact) mass is 378 g/mol. The third-order valence-corrected chi connectivity index (χ3v) is 9.48. The van der Waals surface area contributed by atoms with E-state index in [1.54, 1.807) is 6.92 Å². The van der Waals surface area contributed by atoms with Gasteiger partial charge in [-0.25, -0.2) is 0 Å². The maximum atomic E-state index is 11.9. The summed E-state index contributed by atoms with van der Waals surface area (Å²) >= 11 is 0. The third kappa shape index (κ3) is 3.26. The first-order valence-electron chi connectivity index (χ1n) is 11.6. The van der Waals surface area contributed by atoms with Crippen LogP contribution in [0.15, 0.2) is 0 Å². The molecule has 9 atom stereocenters. The molecule has 3 heteroatoms. The highest BCUT2D eigenvalue weighted by Crippen LogP contribution is 2.67. The van der Waals surface area contributed by atoms with E-state index in [4.69, 9.17) is 4.74 Å². The summed E-state index contributed by atoms with van der Waals surface area (Å²) in [6, 6.07) is 0. The smallest absolute Gasteiger partial charge is 0.302 e. The van der Waals surface area contributed by atoms with Gasteiger partial charge in [-0.15, -0.1) is 0 Å². The maximum Gasteiger partial charge on any atom is 0.302 e. The third-order valence-electron chi connectivity index (χ3n) is 9.48. The molecule has 27 heavy (non-hydrogen) atoms. The van der Waals surface area contributed by atoms with E-state index in [0.29, 0.717) is 29.1 Å². The van der Waals surface area contributed by atoms with Gasteiger partial charge in [-0.2, -0.15) is 0 Å². The molecule has 0 bridgehead atoms. The molecule has 0 radical (unpaired) electrons. The van der Waals surface area contributed by atoms with E-state index in [9.17, 15) is 9.90 Å². The number of carbonyl (C=O) groups excluding carboxylic acids is 1. The molecule has 3 nitrogen and oxygen atoms in total. The van der Waals surface area contributed by atoms with E-state index in [0.717, 1.165) is 31.6 Å². The van der Waals surface area contributed by atoms with Crippen LogP contribution in [0.5, 0.6) is 0 Å². The van der Waals surface area contributed by atoms with Crippen molar-refractivity contribution in [2.45, 2.75) is 105 Å². The van der Waals surface area contributed by atoms with E-state index < -0.39 is 0 Å². The van der Waals surface area contributed by atoms with Crippen LogP contribution in [0.3, 0.4) is 0 Å². The summed E-state index contributed by atoms with van der Waals surface area (Å²) in [7, 11) is 0. The van der Waals surface area contributed by atoms with Crippen LogP contribution >= 0.6 is 0 Å². The number of aliphatic hydroxyl groups is 1. The van der Waals surface area contributed by atoms with E-state index in [-0.39, 0.29) is 23.6 Å². The highest BCUT2D eigenvalue weighted by Gasteiger charge is 2.63. The van der Waals surface area contributed by atoms with Gasteiger partial charge in [0.25, 0.3) is 0 Å². The van der Waals surface area contributed by atoms with Gasteiger partial charge in [0.05, 0.1) is 6.10 Å². The molecular weight excluding hydrogens is 336 g/mol. The minimum Gasteiger partial charge on any atom is -0.462 e. The van der Waals surface area contributed by atoms with E-state index >= 15 is 0 Å². The lowest BCUT2D eigenvalue weighted by atomic mass is 9.44. The molecule has 0 spiro atoms. The van der Waals surface area contributed by atoms with Crippen molar-refractivity contribution in [3.05, 3.63) is 0 Å². The highest BCUT2D eigenvalue weighted by atomic mass is 16.5. The average molecular weight is 379 g/mol. The van der Waals surface area contributed by atoms with Crippen LogP contribution in [-0.2, 0) is 9.53 Å². The molecule has 0 saturated heterocycles. The Labute approximate surface area is 166 Å². The number of carbonyl (C=O) groups is 1. The molecule has 9 unspecified atom stereocenters. The Bertz CT molecular complexity index is 546. The van der Waals surface area contributed by atoms with Gasteiger partial charge in [0, 0.05) is 12.3 Å². The predicted octanol–water partition coefficient (Wildman–Crippen LogP) is 5.59. The second-order valence-electron chi connectivity index (χ2n) is 10.3. The number of hydrogen-bond donors (Lipinski definition) is 1. The van der Waals surface area contributed by atoms with E-state index in [1.807, 2.05) is 13.8 Å². The largest absolute Gasteiger partial charge is 0.462 e. The lowest BCUT2D eigenvalue weighted by Gasteiger charge is -2.62. The zero-order valence-electron chi connectivity index (χ0n) is 18.5. The number of fused-ring (bicyclic) bond motifs is 5. The molecule has 4 fully saturated rings. The van der Waals surface area contributed by atoms with E-state index in [2.05, 4.69) is 20.8 Å². The molecule has 0 aromatic heterocycles. The Morgan fingerprint density at radius 2 is 1.70 bits per heavy atom. The van der Waals surface area contributed by atoms with E-state index in [1.165, 1.54) is 25.7 Å². The van der Waals surface area contributed by atoms with Crippen molar-refractivity contribution in [3.8, 4) is 0 Å². The summed E-state index contributed by atoms with van der Waals surface area (Å²) in [5.41, 5.74) is 0.484. The molecule has 4 saturated carbocycles. The summed E-state index contributed by atoms with van der Waals surface area (Å²) in [4.78, 5) is 11.9. The number of hydrogen-bond acceptors (Lipinski definition) is 3. The summed E-state index contributed by atoms with van der Waals surface area (Å²) in [6.45, 7) is 12.9. The van der Waals surface area contributed by atoms with Gasteiger partial charge in [-0.3, -0.25) is 4.79 Å². The first kappa shape index (κ1) is 21.1. The fourth-order valence-corrected chi connectivity index (χ4v) is 7.85. The van der Waals surface area contributed by atoms with Crippen LogP contribution in [0.2, 0.25) is 0 Å². The lowest BCUT2D eigenvalue weighted by Crippen LogP contribution is -2.59.